The first kappa shape index (κ1) is 30.4. The molecule has 1 N–H and O–H groups in total. The van der Waals surface area contributed by atoms with Gasteiger partial charge in [-0.15, -0.1) is 0 Å². The van der Waals surface area contributed by atoms with Gasteiger partial charge in [-0.05, 0) is 62.1 Å². The molecule has 2 atom stereocenters. The van der Waals surface area contributed by atoms with Gasteiger partial charge in [-0.25, -0.2) is 9.18 Å². The largest absolute Gasteiger partial charge is 0.506 e. The molecule has 41 heavy (non-hydrogen) atoms. The van der Waals surface area contributed by atoms with Crippen LogP contribution >= 0.6 is 23.2 Å². The minimum atomic E-state index is -4.98. The first-order chi connectivity index (χ1) is 19.1. The molecule has 218 valence electrons. The van der Waals surface area contributed by atoms with Gasteiger partial charge >= 0.3 is 12.3 Å². The molecule has 14 heteroatoms. The summed E-state index contributed by atoms with van der Waals surface area (Å²) in [6, 6.07) is 8.07. The second kappa shape index (κ2) is 11.0. The summed E-state index contributed by atoms with van der Waals surface area (Å²) in [5.41, 5.74) is -3.47. The number of ether oxygens (including phenoxy) is 1. The van der Waals surface area contributed by atoms with Crippen LogP contribution in [0.1, 0.15) is 53.2 Å². The molecule has 1 heterocycles. The highest BCUT2D eigenvalue weighted by Crippen LogP contribution is 2.50. The molecular formula is C27H23Cl2F4N3O5. The van der Waals surface area contributed by atoms with Gasteiger partial charge in [0.25, 0.3) is 11.5 Å². The maximum Gasteiger partial charge on any atom is 0.506 e. The number of halogens is 6. The van der Waals surface area contributed by atoms with Crippen molar-refractivity contribution in [2.24, 2.45) is 10.6 Å². The Balaban J connectivity index is 1.61. The van der Waals surface area contributed by atoms with E-state index in [1.807, 2.05) is 0 Å². The lowest BCUT2D eigenvalue weighted by atomic mass is 9.86. The van der Waals surface area contributed by atoms with Crippen LogP contribution in [0.25, 0.3) is 0 Å². The lowest BCUT2D eigenvalue weighted by molar-refractivity contribution is -0.275. The van der Waals surface area contributed by atoms with E-state index in [1.165, 1.54) is 30.0 Å². The molecule has 2 aromatic rings. The highest BCUT2D eigenvalue weighted by atomic mass is 35.5. The number of amides is 1. The number of nitrogens with zero attached hydrogens (tertiary/aromatic N) is 3. The average Bonchev–Trinajstić information content (AvgIpc) is 3.50. The maximum absolute atomic E-state index is 14.3. The van der Waals surface area contributed by atoms with E-state index in [9.17, 15) is 32.4 Å². The Morgan fingerprint density at radius 2 is 1.88 bits per heavy atom. The van der Waals surface area contributed by atoms with Crippen molar-refractivity contribution in [3.8, 4) is 6.07 Å². The predicted molar refractivity (Wildman–Crippen MR) is 139 cm³/mol. The van der Waals surface area contributed by atoms with E-state index in [1.54, 1.807) is 6.92 Å². The van der Waals surface area contributed by atoms with Crippen molar-refractivity contribution in [2.45, 2.75) is 51.0 Å². The number of nitriles is 1. The van der Waals surface area contributed by atoms with Crippen LogP contribution in [0, 0.1) is 29.5 Å². The second-order valence-electron chi connectivity index (χ2n) is 10.2. The third-order valence-electron chi connectivity index (χ3n) is 7.08. The number of aryl methyl sites for hydroxylation is 1. The summed E-state index contributed by atoms with van der Waals surface area (Å²) in [7, 11) is 0. The third kappa shape index (κ3) is 6.06. The Labute approximate surface area is 242 Å². The van der Waals surface area contributed by atoms with Gasteiger partial charge in [0, 0.05) is 24.1 Å². The molecule has 1 aliphatic carbocycles. The molecule has 1 amide bonds. The fraction of sp³-hybridized carbons (Fsp3) is 0.407. The average molecular weight is 616 g/mol. The van der Waals surface area contributed by atoms with E-state index in [2.05, 4.69) is 11.2 Å². The summed E-state index contributed by atoms with van der Waals surface area (Å²) in [5.74, 6) is -1.56. The van der Waals surface area contributed by atoms with Crippen LogP contribution in [0.3, 0.4) is 0 Å². The number of carboxylic acid groups (broad SMARTS) is 1. The molecule has 1 saturated carbocycles. The summed E-state index contributed by atoms with van der Waals surface area (Å²) in [6.07, 6.45) is -6.97. The highest BCUT2D eigenvalue weighted by Gasteiger charge is 2.62. The van der Waals surface area contributed by atoms with Gasteiger partial charge in [0.05, 0.1) is 33.8 Å². The standard InChI is InChI=1S/C27H23Cl2F4N3O5/c1-14-7-16(21-10-26(41-35-21,27(31,32)33)17-8-19(28)22(30)20(29)9-17)3-4-18(14)23(37)36(11-15(2)40-24(38)39)13-25(12-34)5-6-25/h3-4,7-9,15H,5-6,10-11,13H2,1-2H3,(H,38,39)/t15?,26-/m0/s1. The smallest absolute Gasteiger partial charge is 0.450 e. The van der Waals surface area contributed by atoms with Crippen LogP contribution in [-0.2, 0) is 15.2 Å². The monoisotopic (exact) mass is 615 g/mol. The summed E-state index contributed by atoms with van der Waals surface area (Å²) >= 11 is 11.5. The number of carbonyl (C=O) groups is 2. The van der Waals surface area contributed by atoms with Crippen LogP contribution in [-0.4, -0.2) is 53.2 Å². The van der Waals surface area contributed by atoms with Gasteiger partial charge in [0.1, 0.15) is 6.10 Å². The Hall–Kier alpha value is -3.56. The highest BCUT2D eigenvalue weighted by molar-refractivity contribution is 6.35. The lowest BCUT2D eigenvalue weighted by Crippen LogP contribution is -2.42. The van der Waals surface area contributed by atoms with Gasteiger partial charge < -0.3 is 19.6 Å². The van der Waals surface area contributed by atoms with Crippen LogP contribution in [0.5, 0.6) is 0 Å². The van der Waals surface area contributed by atoms with Crippen molar-refractivity contribution < 1.29 is 41.8 Å². The van der Waals surface area contributed by atoms with E-state index in [0.29, 0.717) is 18.4 Å². The van der Waals surface area contributed by atoms with Crippen molar-refractivity contribution in [3.63, 3.8) is 0 Å². The second-order valence-corrected chi connectivity index (χ2v) is 11.0. The zero-order chi connectivity index (χ0) is 30.3. The van der Waals surface area contributed by atoms with Crippen LogP contribution in [0.15, 0.2) is 35.5 Å². The molecule has 0 radical (unpaired) electrons. The Morgan fingerprint density at radius 1 is 1.24 bits per heavy atom. The van der Waals surface area contributed by atoms with Crippen LogP contribution in [0.2, 0.25) is 10.0 Å². The van der Waals surface area contributed by atoms with Gasteiger partial charge in [0.2, 0.25) is 0 Å². The first-order valence-corrected chi connectivity index (χ1v) is 13.0. The van der Waals surface area contributed by atoms with Gasteiger partial charge in [0.15, 0.2) is 5.82 Å². The van der Waals surface area contributed by atoms with Crippen molar-refractivity contribution in [3.05, 3.63) is 68.4 Å². The Kier molecular flexibility index (Phi) is 8.17. The quantitative estimate of drug-likeness (QED) is 0.197. The maximum atomic E-state index is 14.3. The molecule has 4 rings (SSSR count). The van der Waals surface area contributed by atoms with E-state index >= 15 is 0 Å². The zero-order valence-electron chi connectivity index (χ0n) is 21.7. The molecule has 0 spiro atoms. The van der Waals surface area contributed by atoms with Crippen LogP contribution in [0.4, 0.5) is 22.4 Å². The molecule has 1 unspecified atom stereocenters. The lowest BCUT2D eigenvalue weighted by Gasteiger charge is -2.30. The number of carbonyl (C=O) groups excluding carboxylic acids is 1. The minimum absolute atomic E-state index is 0.0638. The SMILES string of the molecule is Cc1cc(C2=NO[C@@](c3cc(Cl)c(F)c(Cl)c3)(C(F)(F)F)C2)ccc1C(=O)N(CC(C)OC(=O)O)CC1(C#N)CC1. The Morgan fingerprint density at radius 3 is 2.39 bits per heavy atom. The number of benzene rings is 2. The first-order valence-electron chi connectivity index (χ1n) is 12.3. The van der Waals surface area contributed by atoms with E-state index in [0.717, 1.165) is 12.1 Å². The summed E-state index contributed by atoms with van der Waals surface area (Å²) in [5, 5.41) is 20.9. The number of oxime groups is 1. The predicted octanol–water partition coefficient (Wildman–Crippen LogP) is 6.85. The number of alkyl halides is 3. The van der Waals surface area contributed by atoms with Crippen molar-refractivity contribution >= 4 is 41.0 Å². The molecule has 8 nitrogen and oxygen atoms in total. The van der Waals surface area contributed by atoms with Crippen LogP contribution < -0.4 is 0 Å². The zero-order valence-corrected chi connectivity index (χ0v) is 23.2. The Bertz CT molecular complexity index is 1450. The number of rotatable bonds is 8. The fourth-order valence-electron chi connectivity index (χ4n) is 4.66. The molecule has 1 aliphatic heterocycles. The van der Waals surface area contributed by atoms with E-state index in [-0.39, 0.29) is 29.9 Å². The van der Waals surface area contributed by atoms with Gasteiger partial charge in [-0.1, -0.05) is 34.4 Å². The topological polar surface area (TPSA) is 112 Å². The normalized spacial score (nSPS) is 19.9. The number of hydrogen-bond acceptors (Lipinski definition) is 6. The molecule has 1 fully saturated rings. The molecular weight excluding hydrogens is 593 g/mol. The van der Waals surface area contributed by atoms with Crippen molar-refractivity contribution in [1.82, 2.24) is 4.90 Å². The molecule has 2 aliphatic rings. The van der Waals surface area contributed by atoms with Gasteiger partial charge in [-0.2, -0.15) is 18.4 Å². The summed E-state index contributed by atoms with van der Waals surface area (Å²) in [4.78, 5) is 30.8. The molecule has 2 aromatic carbocycles. The fourth-order valence-corrected chi connectivity index (χ4v) is 5.15. The minimum Gasteiger partial charge on any atom is -0.450 e. The van der Waals surface area contributed by atoms with Crippen molar-refractivity contribution in [2.75, 3.05) is 13.1 Å². The summed E-state index contributed by atoms with van der Waals surface area (Å²) in [6.45, 7) is 3.01. The summed E-state index contributed by atoms with van der Waals surface area (Å²) < 4.78 is 61.7. The number of hydrogen-bond donors (Lipinski definition) is 1. The van der Waals surface area contributed by atoms with Crippen molar-refractivity contribution in [1.29, 1.82) is 5.26 Å². The van der Waals surface area contributed by atoms with Gasteiger partial charge in [-0.3, -0.25) is 4.79 Å². The van der Waals surface area contributed by atoms with E-state index in [4.69, 9.17) is 37.9 Å². The molecule has 0 bridgehead atoms. The third-order valence-corrected chi connectivity index (χ3v) is 7.63. The van der Waals surface area contributed by atoms with E-state index < -0.39 is 63.2 Å². The molecule has 0 aromatic heterocycles. The molecule has 0 saturated heterocycles.